The minimum atomic E-state index is 0.580. The fraction of sp³-hybridized carbons (Fsp3) is 1.00. The highest BCUT2D eigenvalue weighted by Crippen LogP contribution is 2.30. The van der Waals surface area contributed by atoms with E-state index in [2.05, 4.69) is 6.92 Å². The molecule has 1 aliphatic carbocycles. The Bertz CT molecular complexity index is 90.7. The first-order valence-electron chi connectivity index (χ1n) is 4.39. The molecule has 60 valence electrons. The van der Waals surface area contributed by atoms with E-state index in [-0.39, 0.29) is 0 Å². The van der Waals surface area contributed by atoms with Gasteiger partial charge in [0.05, 0.1) is 6.10 Å². The highest BCUT2D eigenvalue weighted by Gasteiger charge is 2.22. The lowest BCUT2D eigenvalue weighted by atomic mass is 10.0. The molecule has 0 aromatic heterocycles. The van der Waals surface area contributed by atoms with Gasteiger partial charge in [0.2, 0.25) is 0 Å². The molecule has 1 rings (SSSR count). The van der Waals surface area contributed by atoms with Crippen molar-refractivity contribution in [3.8, 4) is 0 Å². The average Bonchev–Trinajstić information content (AvgIpc) is 2.37. The first-order chi connectivity index (χ1) is 4.86. The molecule has 0 radical (unpaired) electrons. The monoisotopic (exact) mass is 142 g/mol. The lowest BCUT2D eigenvalue weighted by molar-refractivity contribution is 0.105. The van der Waals surface area contributed by atoms with Crippen molar-refractivity contribution in [3.63, 3.8) is 0 Å². The Hall–Kier alpha value is -0.0400. The second-order valence-electron chi connectivity index (χ2n) is 3.33. The van der Waals surface area contributed by atoms with Gasteiger partial charge >= 0.3 is 0 Å². The largest absolute Gasteiger partial charge is 0.381 e. The summed E-state index contributed by atoms with van der Waals surface area (Å²) in [6, 6.07) is 0. The zero-order valence-electron chi connectivity index (χ0n) is 7.10. The quantitative estimate of drug-likeness (QED) is 0.588. The summed E-state index contributed by atoms with van der Waals surface area (Å²) >= 11 is 0. The molecule has 1 saturated carbocycles. The van der Waals surface area contributed by atoms with Gasteiger partial charge in [-0.25, -0.2) is 0 Å². The third-order valence-electron chi connectivity index (χ3n) is 2.52. The summed E-state index contributed by atoms with van der Waals surface area (Å²) in [6.07, 6.45) is 7.32. The predicted octanol–water partition coefficient (Wildman–Crippen LogP) is 2.60. The van der Waals surface area contributed by atoms with E-state index in [9.17, 15) is 0 Å². The fourth-order valence-electron chi connectivity index (χ4n) is 1.91. The van der Waals surface area contributed by atoms with E-state index in [0.29, 0.717) is 6.10 Å². The van der Waals surface area contributed by atoms with E-state index in [4.69, 9.17) is 4.74 Å². The summed E-state index contributed by atoms with van der Waals surface area (Å²) in [5, 5.41) is 0. The van der Waals surface area contributed by atoms with Gasteiger partial charge in [-0.15, -0.1) is 0 Å². The maximum absolute atomic E-state index is 5.29. The molecule has 2 atom stereocenters. The zero-order chi connectivity index (χ0) is 7.40. The van der Waals surface area contributed by atoms with Crippen LogP contribution in [0.3, 0.4) is 0 Å². The molecule has 1 fully saturated rings. The molecular weight excluding hydrogens is 124 g/mol. The molecule has 0 aromatic rings. The van der Waals surface area contributed by atoms with Crippen molar-refractivity contribution in [2.45, 2.75) is 45.1 Å². The minimum absolute atomic E-state index is 0.580. The van der Waals surface area contributed by atoms with Gasteiger partial charge in [-0.1, -0.05) is 19.8 Å². The SMILES string of the molecule is CCCC1CCC(OC)C1. The molecule has 0 amide bonds. The second kappa shape index (κ2) is 3.97. The van der Waals surface area contributed by atoms with Crippen molar-refractivity contribution in [2.75, 3.05) is 7.11 Å². The average molecular weight is 142 g/mol. The maximum Gasteiger partial charge on any atom is 0.0574 e. The van der Waals surface area contributed by atoms with Crippen LogP contribution in [-0.4, -0.2) is 13.2 Å². The van der Waals surface area contributed by atoms with Crippen LogP contribution in [0.25, 0.3) is 0 Å². The van der Waals surface area contributed by atoms with E-state index in [1.807, 2.05) is 7.11 Å². The Labute approximate surface area is 63.8 Å². The van der Waals surface area contributed by atoms with Crippen LogP contribution in [0.1, 0.15) is 39.0 Å². The van der Waals surface area contributed by atoms with Crippen LogP contribution in [0.15, 0.2) is 0 Å². The fourth-order valence-corrected chi connectivity index (χ4v) is 1.91. The Morgan fingerprint density at radius 2 is 2.20 bits per heavy atom. The Morgan fingerprint density at radius 3 is 2.70 bits per heavy atom. The van der Waals surface area contributed by atoms with E-state index in [1.165, 1.54) is 32.1 Å². The van der Waals surface area contributed by atoms with Crippen LogP contribution in [0.2, 0.25) is 0 Å². The number of hydrogen-bond acceptors (Lipinski definition) is 1. The summed E-state index contributed by atoms with van der Waals surface area (Å²) in [7, 11) is 1.83. The first kappa shape index (κ1) is 8.06. The predicted molar refractivity (Wildman–Crippen MR) is 43.0 cm³/mol. The number of methoxy groups -OCH3 is 1. The third-order valence-corrected chi connectivity index (χ3v) is 2.52. The molecule has 1 heteroatoms. The molecule has 2 unspecified atom stereocenters. The Kier molecular flexibility index (Phi) is 3.20. The van der Waals surface area contributed by atoms with Gasteiger partial charge in [0.1, 0.15) is 0 Å². The van der Waals surface area contributed by atoms with Crippen LogP contribution in [0.4, 0.5) is 0 Å². The van der Waals surface area contributed by atoms with Gasteiger partial charge in [0, 0.05) is 7.11 Å². The van der Waals surface area contributed by atoms with Crippen LogP contribution in [0.5, 0.6) is 0 Å². The van der Waals surface area contributed by atoms with Crippen LogP contribution in [0, 0.1) is 5.92 Å². The van der Waals surface area contributed by atoms with Crippen LogP contribution >= 0.6 is 0 Å². The molecule has 0 N–H and O–H groups in total. The Balaban J connectivity index is 2.15. The van der Waals surface area contributed by atoms with E-state index in [0.717, 1.165) is 5.92 Å². The summed E-state index contributed by atoms with van der Waals surface area (Å²) in [5.74, 6) is 0.968. The summed E-state index contributed by atoms with van der Waals surface area (Å²) < 4.78 is 5.29. The normalized spacial score (nSPS) is 33.0. The summed E-state index contributed by atoms with van der Waals surface area (Å²) in [6.45, 7) is 2.26. The topological polar surface area (TPSA) is 9.23 Å². The van der Waals surface area contributed by atoms with Crippen molar-refractivity contribution >= 4 is 0 Å². The molecule has 1 aliphatic rings. The molecule has 0 saturated heterocycles. The maximum atomic E-state index is 5.29. The first-order valence-corrected chi connectivity index (χ1v) is 4.39. The van der Waals surface area contributed by atoms with Gasteiger partial charge < -0.3 is 4.74 Å². The van der Waals surface area contributed by atoms with Crippen LogP contribution in [-0.2, 0) is 4.74 Å². The van der Waals surface area contributed by atoms with Crippen molar-refractivity contribution in [3.05, 3.63) is 0 Å². The highest BCUT2D eigenvalue weighted by atomic mass is 16.5. The molecular formula is C9H18O. The smallest absolute Gasteiger partial charge is 0.0574 e. The lowest BCUT2D eigenvalue weighted by Gasteiger charge is -2.07. The van der Waals surface area contributed by atoms with Gasteiger partial charge in [-0.3, -0.25) is 0 Å². The molecule has 0 aliphatic heterocycles. The molecule has 0 spiro atoms. The van der Waals surface area contributed by atoms with Crippen LogP contribution < -0.4 is 0 Å². The van der Waals surface area contributed by atoms with Crippen molar-refractivity contribution in [1.29, 1.82) is 0 Å². The van der Waals surface area contributed by atoms with Gasteiger partial charge in [-0.05, 0) is 25.2 Å². The Morgan fingerprint density at radius 1 is 1.40 bits per heavy atom. The van der Waals surface area contributed by atoms with E-state index < -0.39 is 0 Å². The highest BCUT2D eigenvalue weighted by molar-refractivity contribution is 4.75. The molecule has 1 nitrogen and oxygen atoms in total. The van der Waals surface area contributed by atoms with Gasteiger partial charge in [0.15, 0.2) is 0 Å². The van der Waals surface area contributed by atoms with Crippen molar-refractivity contribution in [1.82, 2.24) is 0 Å². The number of hydrogen-bond donors (Lipinski definition) is 0. The second-order valence-corrected chi connectivity index (χ2v) is 3.33. The van der Waals surface area contributed by atoms with Crippen molar-refractivity contribution < 1.29 is 4.74 Å². The van der Waals surface area contributed by atoms with Crippen molar-refractivity contribution in [2.24, 2.45) is 5.92 Å². The standard InChI is InChI=1S/C9H18O/c1-3-4-8-5-6-9(7-8)10-2/h8-9H,3-7H2,1-2H3. The minimum Gasteiger partial charge on any atom is -0.381 e. The van der Waals surface area contributed by atoms with Gasteiger partial charge in [-0.2, -0.15) is 0 Å². The van der Waals surface area contributed by atoms with E-state index in [1.54, 1.807) is 0 Å². The molecule has 10 heavy (non-hydrogen) atoms. The number of ether oxygens (including phenoxy) is 1. The molecule has 0 bridgehead atoms. The van der Waals surface area contributed by atoms with E-state index >= 15 is 0 Å². The number of rotatable bonds is 3. The lowest BCUT2D eigenvalue weighted by Crippen LogP contribution is -2.04. The van der Waals surface area contributed by atoms with Gasteiger partial charge in [0.25, 0.3) is 0 Å². The third kappa shape index (κ3) is 1.98. The summed E-state index contributed by atoms with van der Waals surface area (Å²) in [5.41, 5.74) is 0. The molecule has 0 heterocycles. The zero-order valence-corrected chi connectivity index (χ0v) is 7.10. The summed E-state index contributed by atoms with van der Waals surface area (Å²) in [4.78, 5) is 0. The molecule has 0 aromatic carbocycles.